The molecular formula is C19H17N5O3S. The highest BCUT2D eigenvalue weighted by molar-refractivity contribution is 7.19. The minimum atomic E-state index is -0.233. The van der Waals surface area contributed by atoms with Crippen LogP contribution in [0.1, 0.15) is 16.2 Å². The number of rotatable bonds is 5. The Morgan fingerprint density at radius 2 is 1.79 bits per heavy atom. The molecule has 4 rings (SSSR count). The maximum Gasteiger partial charge on any atom is 0.255 e. The van der Waals surface area contributed by atoms with Crippen molar-refractivity contribution in [2.45, 2.75) is 6.92 Å². The van der Waals surface area contributed by atoms with Gasteiger partial charge >= 0.3 is 0 Å². The van der Waals surface area contributed by atoms with Crippen molar-refractivity contribution in [3.05, 3.63) is 53.9 Å². The lowest BCUT2D eigenvalue weighted by Gasteiger charge is -2.10. The highest BCUT2D eigenvalue weighted by Crippen LogP contribution is 2.29. The first-order chi connectivity index (χ1) is 13.6. The van der Waals surface area contributed by atoms with Crippen LogP contribution in [0.15, 0.2) is 42.5 Å². The number of carbonyl (C=O) groups excluding carboxylic acids is 1. The van der Waals surface area contributed by atoms with E-state index in [4.69, 9.17) is 9.47 Å². The number of nitrogens with one attached hydrogen (secondary N) is 1. The van der Waals surface area contributed by atoms with Gasteiger partial charge in [-0.1, -0.05) is 11.3 Å². The Balaban J connectivity index is 1.52. The summed E-state index contributed by atoms with van der Waals surface area (Å²) in [5, 5.41) is 16.3. The molecule has 0 spiro atoms. The van der Waals surface area contributed by atoms with Crippen molar-refractivity contribution < 1.29 is 14.3 Å². The van der Waals surface area contributed by atoms with Gasteiger partial charge < -0.3 is 14.8 Å². The third-order valence-corrected chi connectivity index (χ3v) is 5.13. The zero-order chi connectivity index (χ0) is 19.7. The van der Waals surface area contributed by atoms with Crippen molar-refractivity contribution in [3.8, 4) is 22.1 Å². The molecule has 2 aromatic carbocycles. The number of aromatic nitrogens is 4. The van der Waals surface area contributed by atoms with Gasteiger partial charge in [0.15, 0.2) is 17.3 Å². The number of hydrogen-bond acceptors (Lipinski definition) is 7. The fourth-order valence-corrected chi connectivity index (χ4v) is 3.60. The summed E-state index contributed by atoms with van der Waals surface area (Å²) in [6.07, 6.45) is 0. The van der Waals surface area contributed by atoms with E-state index in [1.165, 1.54) is 18.4 Å². The summed E-state index contributed by atoms with van der Waals surface area (Å²) in [6, 6.07) is 12.5. The van der Waals surface area contributed by atoms with E-state index in [9.17, 15) is 4.79 Å². The molecule has 0 bridgehead atoms. The number of methoxy groups -OCH3 is 2. The lowest BCUT2D eigenvalue weighted by molar-refractivity contribution is 0.102. The van der Waals surface area contributed by atoms with E-state index in [1.54, 1.807) is 29.8 Å². The molecule has 142 valence electrons. The molecule has 9 heteroatoms. The van der Waals surface area contributed by atoms with Crippen LogP contribution in [0.2, 0.25) is 0 Å². The number of amides is 1. The molecule has 1 N–H and O–H groups in total. The number of aryl methyl sites for hydroxylation is 1. The van der Waals surface area contributed by atoms with Crippen molar-refractivity contribution in [2.24, 2.45) is 0 Å². The molecule has 28 heavy (non-hydrogen) atoms. The number of fused-ring (bicyclic) bond motifs is 1. The Morgan fingerprint density at radius 1 is 1.04 bits per heavy atom. The van der Waals surface area contributed by atoms with Crippen molar-refractivity contribution in [3.63, 3.8) is 0 Å². The molecule has 0 atom stereocenters. The highest BCUT2D eigenvalue weighted by atomic mass is 32.1. The first-order valence-corrected chi connectivity index (χ1v) is 9.23. The molecule has 4 aromatic rings. The summed E-state index contributed by atoms with van der Waals surface area (Å²) >= 11 is 1.46. The third kappa shape index (κ3) is 3.27. The van der Waals surface area contributed by atoms with Crippen LogP contribution in [0, 0.1) is 6.92 Å². The number of hydrogen-bond donors (Lipinski definition) is 1. The molecule has 0 aliphatic carbocycles. The minimum absolute atomic E-state index is 0.233. The summed E-state index contributed by atoms with van der Waals surface area (Å²) in [5.74, 6) is 1.59. The van der Waals surface area contributed by atoms with E-state index in [0.717, 1.165) is 21.4 Å². The smallest absolute Gasteiger partial charge is 0.255 e. The van der Waals surface area contributed by atoms with E-state index in [2.05, 4.69) is 20.6 Å². The SMILES string of the molecule is COc1ccc(C(=O)Nc2ccc(-c3nn4c(C)nnc4s3)cc2)cc1OC. The molecule has 0 radical (unpaired) electrons. The third-order valence-electron chi connectivity index (χ3n) is 4.18. The molecule has 1 amide bonds. The first kappa shape index (κ1) is 17.9. The Labute approximate surface area is 164 Å². The molecule has 0 aliphatic rings. The summed E-state index contributed by atoms with van der Waals surface area (Å²) in [5.41, 5.74) is 2.10. The predicted octanol–water partition coefficient (Wildman–Crippen LogP) is 3.43. The molecule has 0 saturated heterocycles. The summed E-state index contributed by atoms with van der Waals surface area (Å²) < 4.78 is 12.2. The molecule has 0 saturated carbocycles. The summed E-state index contributed by atoms with van der Waals surface area (Å²) in [7, 11) is 3.09. The van der Waals surface area contributed by atoms with Gasteiger partial charge in [0.1, 0.15) is 5.01 Å². The number of benzene rings is 2. The van der Waals surface area contributed by atoms with Crippen LogP contribution in [0.5, 0.6) is 11.5 Å². The van der Waals surface area contributed by atoms with Gasteiger partial charge in [0, 0.05) is 16.8 Å². The largest absolute Gasteiger partial charge is 0.493 e. The van der Waals surface area contributed by atoms with Crippen molar-refractivity contribution >= 4 is 27.9 Å². The average molecular weight is 395 g/mol. The van der Waals surface area contributed by atoms with Gasteiger partial charge in [0.05, 0.1) is 14.2 Å². The monoisotopic (exact) mass is 395 g/mol. The van der Waals surface area contributed by atoms with Crippen LogP contribution in [0.25, 0.3) is 15.5 Å². The van der Waals surface area contributed by atoms with Crippen LogP contribution >= 0.6 is 11.3 Å². The second kappa shape index (κ2) is 7.28. The van der Waals surface area contributed by atoms with Gasteiger partial charge in [0.25, 0.3) is 5.91 Å². The maximum absolute atomic E-state index is 12.5. The van der Waals surface area contributed by atoms with Gasteiger partial charge in [-0.05, 0) is 49.4 Å². The van der Waals surface area contributed by atoms with Crippen LogP contribution in [0.3, 0.4) is 0 Å². The van der Waals surface area contributed by atoms with E-state index >= 15 is 0 Å². The average Bonchev–Trinajstić information content (AvgIpc) is 3.30. The summed E-state index contributed by atoms with van der Waals surface area (Å²) in [6.45, 7) is 1.86. The Hall–Kier alpha value is -3.46. The molecule has 2 heterocycles. The van der Waals surface area contributed by atoms with Crippen LogP contribution < -0.4 is 14.8 Å². The van der Waals surface area contributed by atoms with Crippen molar-refractivity contribution in [2.75, 3.05) is 19.5 Å². The van der Waals surface area contributed by atoms with Gasteiger partial charge in [-0.2, -0.15) is 9.61 Å². The van der Waals surface area contributed by atoms with Gasteiger partial charge in [-0.25, -0.2) is 0 Å². The fraction of sp³-hybridized carbons (Fsp3) is 0.158. The summed E-state index contributed by atoms with van der Waals surface area (Å²) in [4.78, 5) is 13.3. The van der Waals surface area contributed by atoms with Gasteiger partial charge in [0.2, 0.25) is 4.96 Å². The molecule has 0 unspecified atom stereocenters. The van der Waals surface area contributed by atoms with E-state index in [-0.39, 0.29) is 5.91 Å². The van der Waals surface area contributed by atoms with Crippen LogP contribution in [-0.2, 0) is 0 Å². The van der Waals surface area contributed by atoms with Crippen LogP contribution in [0.4, 0.5) is 5.69 Å². The Kier molecular flexibility index (Phi) is 4.66. The first-order valence-electron chi connectivity index (χ1n) is 8.41. The maximum atomic E-state index is 12.5. The van der Waals surface area contributed by atoms with Crippen molar-refractivity contribution in [1.29, 1.82) is 0 Å². The second-order valence-corrected chi connectivity index (χ2v) is 6.91. The normalized spacial score (nSPS) is 10.8. The predicted molar refractivity (Wildman–Crippen MR) is 106 cm³/mol. The van der Waals surface area contributed by atoms with E-state index in [0.29, 0.717) is 22.7 Å². The lowest BCUT2D eigenvalue weighted by Crippen LogP contribution is -2.12. The van der Waals surface area contributed by atoms with E-state index in [1.807, 2.05) is 31.2 Å². The zero-order valence-electron chi connectivity index (χ0n) is 15.5. The van der Waals surface area contributed by atoms with Crippen molar-refractivity contribution in [1.82, 2.24) is 19.8 Å². The number of carbonyl (C=O) groups is 1. The second-order valence-electron chi connectivity index (χ2n) is 5.95. The van der Waals surface area contributed by atoms with Gasteiger partial charge in [-0.15, -0.1) is 10.2 Å². The molecular weight excluding hydrogens is 378 g/mol. The minimum Gasteiger partial charge on any atom is -0.493 e. The molecule has 2 aromatic heterocycles. The highest BCUT2D eigenvalue weighted by Gasteiger charge is 2.13. The molecule has 8 nitrogen and oxygen atoms in total. The topological polar surface area (TPSA) is 90.6 Å². The Bertz CT molecular complexity index is 1150. The zero-order valence-corrected chi connectivity index (χ0v) is 16.3. The lowest BCUT2D eigenvalue weighted by atomic mass is 10.1. The van der Waals surface area contributed by atoms with E-state index < -0.39 is 0 Å². The quantitative estimate of drug-likeness (QED) is 0.557. The molecule has 0 aliphatic heterocycles. The molecule has 0 fully saturated rings. The number of nitrogens with zero attached hydrogens (tertiary/aromatic N) is 4. The van der Waals surface area contributed by atoms with Gasteiger partial charge in [-0.3, -0.25) is 4.79 Å². The Morgan fingerprint density at radius 3 is 2.46 bits per heavy atom. The van der Waals surface area contributed by atoms with Crippen LogP contribution in [-0.4, -0.2) is 39.9 Å². The number of anilines is 1. The fourth-order valence-electron chi connectivity index (χ4n) is 2.71. The standard InChI is InChI=1S/C19H17N5O3S/c1-11-21-22-19-24(11)23-18(28-19)12-4-7-14(8-5-12)20-17(25)13-6-9-15(26-2)16(10-13)27-3/h4-10H,1-3H3,(H,20,25). The number of ether oxygens (including phenoxy) is 2.